The number of piperidine rings is 1. The van der Waals surface area contributed by atoms with Crippen LogP contribution in [-0.4, -0.2) is 46.2 Å². The van der Waals surface area contributed by atoms with Crippen molar-refractivity contribution in [1.29, 1.82) is 0 Å². The number of fused-ring (bicyclic) bond motifs is 2. The molecule has 1 aliphatic heterocycles. The van der Waals surface area contributed by atoms with Gasteiger partial charge >= 0.3 is 5.97 Å². The van der Waals surface area contributed by atoms with E-state index in [9.17, 15) is 19.8 Å². The molecule has 2 bridgehead atoms. The fourth-order valence-corrected chi connectivity index (χ4v) is 4.31. The van der Waals surface area contributed by atoms with Crippen molar-refractivity contribution in [2.75, 3.05) is 13.1 Å². The molecular weight excluding hydrogens is 270 g/mol. The molecule has 0 spiro atoms. The first-order valence-electron chi connectivity index (χ1n) is 7.87. The first-order valence-corrected chi connectivity index (χ1v) is 7.87. The lowest BCUT2D eigenvalue weighted by Gasteiger charge is -2.36. The molecule has 1 heterocycles. The zero-order valence-electron chi connectivity index (χ0n) is 12.3. The molecule has 5 nitrogen and oxygen atoms in total. The van der Waals surface area contributed by atoms with Gasteiger partial charge in [-0.3, -0.25) is 9.59 Å². The van der Waals surface area contributed by atoms with Crippen LogP contribution in [0.4, 0.5) is 0 Å². The number of nitrogens with zero attached hydrogens (tertiary/aromatic N) is 1. The molecule has 1 amide bonds. The van der Waals surface area contributed by atoms with E-state index < -0.39 is 11.9 Å². The van der Waals surface area contributed by atoms with Crippen molar-refractivity contribution in [2.24, 2.45) is 29.6 Å². The van der Waals surface area contributed by atoms with Gasteiger partial charge in [-0.25, -0.2) is 0 Å². The summed E-state index contributed by atoms with van der Waals surface area (Å²) in [6, 6.07) is 0. The Hall–Kier alpha value is -1.36. The summed E-state index contributed by atoms with van der Waals surface area (Å²) in [5.41, 5.74) is 0. The number of hydrogen-bond acceptors (Lipinski definition) is 3. The van der Waals surface area contributed by atoms with Crippen LogP contribution in [0.3, 0.4) is 0 Å². The molecule has 3 rings (SSSR count). The minimum absolute atomic E-state index is 0.00305. The first kappa shape index (κ1) is 14.6. The Morgan fingerprint density at radius 1 is 1.14 bits per heavy atom. The van der Waals surface area contributed by atoms with Crippen LogP contribution in [0.2, 0.25) is 0 Å². The molecule has 0 aromatic rings. The number of likely N-dealkylation sites (tertiary alicyclic amines) is 1. The number of aliphatic hydroxyl groups excluding tert-OH is 1. The third-order valence-corrected chi connectivity index (χ3v) is 5.56. The predicted octanol–water partition coefficient (Wildman–Crippen LogP) is 1.13. The molecule has 0 aromatic carbocycles. The van der Waals surface area contributed by atoms with Crippen molar-refractivity contribution in [3.8, 4) is 0 Å². The largest absolute Gasteiger partial charge is 0.481 e. The Morgan fingerprint density at radius 2 is 1.71 bits per heavy atom. The van der Waals surface area contributed by atoms with E-state index in [2.05, 4.69) is 0 Å². The van der Waals surface area contributed by atoms with E-state index >= 15 is 0 Å². The lowest BCUT2D eigenvalue weighted by Crippen LogP contribution is -2.47. The molecule has 21 heavy (non-hydrogen) atoms. The monoisotopic (exact) mass is 293 g/mol. The van der Waals surface area contributed by atoms with Crippen molar-refractivity contribution < 1.29 is 19.8 Å². The van der Waals surface area contributed by atoms with Crippen LogP contribution in [0.15, 0.2) is 12.2 Å². The minimum Gasteiger partial charge on any atom is -0.481 e. The van der Waals surface area contributed by atoms with Gasteiger partial charge in [0.05, 0.1) is 17.9 Å². The van der Waals surface area contributed by atoms with Gasteiger partial charge in [0.1, 0.15) is 0 Å². The molecular formula is C16H23NO4. The second-order valence-corrected chi connectivity index (χ2v) is 6.74. The van der Waals surface area contributed by atoms with Crippen LogP contribution in [0.25, 0.3) is 0 Å². The molecule has 116 valence electrons. The molecule has 0 radical (unpaired) electrons. The topological polar surface area (TPSA) is 77.8 Å². The van der Waals surface area contributed by atoms with Gasteiger partial charge in [-0.2, -0.15) is 0 Å². The summed E-state index contributed by atoms with van der Waals surface area (Å²) in [4.78, 5) is 26.1. The number of carboxylic acid groups (broad SMARTS) is 1. The average Bonchev–Trinajstić information content (AvgIpc) is 3.07. The van der Waals surface area contributed by atoms with Gasteiger partial charge in [0.15, 0.2) is 0 Å². The van der Waals surface area contributed by atoms with E-state index in [1.165, 1.54) is 0 Å². The molecule has 5 heteroatoms. The van der Waals surface area contributed by atoms with Gasteiger partial charge in [-0.1, -0.05) is 12.2 Å². The summed E-state index contributed by atoms with van der Waals surface area (Å²) in [6.07, 6.45) is 6.06. The van der Waals surface area contributed by atoms with Gasteiger partial charge in [0, 0.05) is 13.1 Å². The highest BCUT2D eigenvalue weighted by atomic mass is 16.4. The smallest absolute Gasteiger partial charge is 0.307 e. The van der Waals surface area contributed by atoms with Gasteiger partial charge in [0.2, 0.25) is 5.91 Å². The van der Waals surface area contributed by atoms with E-state index in [0.717, 1.165) is 19.3 Å². The van der Waals surface area contributed by atoms with Crippen LogP contribution in [0, 0.1) is 29.6 Å². The number of carbonyl (C=O) groups excluding carboxylic acids is 1. The number of aliphatic carboxylic acids is 1. The van der Waals surface area contributed by atoms with Crippen LogP contribution in [-0.2, 0) is 9.59 Å². The maximum Gasteiger partial charge on any atom is 0.307 e. The van der Waals surface area contributed by atoms with E-state index in [1.807, 2.05) is 17.1 Å². The van der Waals surface area contributed by atoms with Crippen molar-refractivity contribution >= 4 is 11.9 Å². The average molecular weight is 293 g/mol. The quantitative estimate of drug-likeness (QED) is 0.765. The van der Waals surface area contributed by atoms with Gasteiger partial charge < -0.3 is 15.1 Å². The number of carboxylic acids is 1. The zero-order valence-corrected chi connectivity index (χ0v) is 12.3. The number of rotatable bonds is 3. The van der Waals surface area contributed by atoms with Gasteiger partial charge in [0.25, 0.3) is 0 Å². The lowest BCUT2D eigenvalue weighted by molar-refractivity contribution is -0.151. The minimum atomic E-state index is -0.843. The molecule has 0 aromatic heterocycles. The van der Waals surface area contributed by atoms with Crippen LogP contribution >= 0.6 is 0 Å². The third-order valence-electron chi connectivity index (χ3n) is 5.56. The fourth-order valence-electron chi connectivity index (χ4n) is 4.31. The second kappa shape index (κ2) is 5.44. The number of hydrogen-bond donors (Lipinski definition) is 2. The standard InChI is InChI=1S/C16H23NO4/c1-9(18)10-4-6-17(7-5-10)15(19)13-11-2-3-12(8-11)14(13)16(20)21/h2-3,9-14,18H,4-8H2,1H3,(H,20,21). The highest BCUT2D eigenvalue weighted by Crippen LogP contribution is 2.49. The molecule has 5 unspecified atom stereocenters. The molecule has 2 aliphatic carbocycles. The first-order chi connectivity index (χ1) is 9.99. The fraction of sp³-hybridized carbons (Fsp3) is 0.750. The second-order valence-electron chi connectivity index (χ2n) is 6.74. The highest BCUT2D eigenvalue weighted by molar-refractivity contribution is 5.87. The maximum atomic E-state index is 12.7. The lowest BCUT2D eigenvalue weighted by atomic mass is 9.81. The number of aliphatic hydroxyl groups is 1. The Labute approximate surface area is 124 Å². The summed E-state index contributed by atoms with van der Waals surface area (Å²) >= 11 is 0. The summed E-state index contributed by atoms with van der Waals surface area (Å²) < 4.78 is 0. The van der Waals surface area contributed by atoms with E-state index in [0.29, 0.717) is 13.1 Å². The van der Waals surface area contributed by atoms with Crippen LogP contribution in [0.1, 0.15) is 26.2 Å². The van der Waals surface area contributed by atoms with Crippen molar-refractivity contribution in [3.05, 3.63) is 12.2 Å². The van der Waals surface area contributed by atoms with Crippen LogP contribution in [0.5, 0.6) is 0 Å². The zero-order chi connectivity index (χ0) is 15.1. The maximum absolute atomic E-state index is 12.7. The summed E-state index contributed by atoms with van der Waals surface area (Å²) in [6.45, 7) is 3.07. The third kappa shape index (κ3) is 2.48. The van der Waals surface area contributed by atoms with Crippen LogP contribution < -0.4 is 0 Å². The van der Waals surface area contributed by atoms with E-state index in [1.54, 1.807) is 6.92 Å². The number of carbonyl (C=O) groups is 2. The Kier molecular flexibility index (Phi) is 3.78. The summed E-state index contributed by atoms with van der Waals surface area (Å²) in [5, 5.41) is 19.1. The molecule has 3 aliphatic rings. The summed E-state index contributed by atoms with van der Waals surface area (Å²) in [5.74, 6) is -1.41. The van der Waals surface area contributed by atoms with Crippen molar-refractivity contribution in [3.63, 3.8) is 0 Å². The van der Waals surface area contributed by atoms with E-state index in [4.69, 9.17) is 0 Å². The summed E-state index contributed by atoms with van der Waals surface area (Å²) in [7, 11) is 0. The molecule has 5 atom stereocenters. The van der Waals surface area contributed by atoms with Crippen molar-refractivity contribution in [2.45, 2.75) is 32.3 Å². The molecule has 2 N–H and O–H groups in total. The number of amides is 1. The van der Waals surface area contributed by atoms with E-state index in [-0.39, 0.29) is 35.7 Å². The highest BCUT2D eigenvalue weighted by Gasteiger charge is 2.52. The Morgan fingerprint density at radius 3 is 2.24 bits per heavy atom. The molecule has 1 saturated heterocycles. The Balaban J connectivity index is 1.68. The normalized spacial score (nSPS) is 37.0. The predicted molar refractivity (Wildman–Crippen MR) is 76.3 cm³/mol. The molecule has 1 saturated carbocycles. The number of allylic oxidation sites excluding steroid dienone is 2. The SMILES string of the molecule is CC(O)C1CCN(C(=O)C2C3C=CC(C3)C2C(=O)O)CC1. The Bertz CT molecular complexity index is 465. The molecule has 2 fully saturated rings. The van der Waals surface area contributed by atoms with Crippen molar-refractivity contribution in [1.82, 2.24) is 4.90 Å². The van der Waals surface area contributed by atoms with Gasteiger partial charge in [-0.05, 0) is 43.9 Å². The van der Waals surface area contributed by atoms with Gasteiger partial charge in [-0.15, -0.1) is 0 Å².